The second-order valence-corrected chi connectivity index (χ2v) is 6.07. The van der Waals surface area contributed by atoms with E-state index in [2.05, 4.69) is 24.3 Å². The van der Waals surface area contributed by atoms with Crippen molar-refractivity contribution in [3.63, 3.8) is 0 Å². The molecular formula is C23H18N2. The molecule has 0 aliphatic heterocycles. The van der Waals surface area contributed by atoms with Crippen LogP contribution >= 0.6 is 0 Å². The Labute approximate surface area is 147 Å². The molecule has 3 N–H and O–H groups in total. The fourth-order valence-corrected chi connectivity index (χ4v) is 3.17. The highest BCUT2D eigenvalue weighted by Gasteiger charge is 2.12. The van der Waals surface area contributed by atoms with E-state index in [1.807, 2.05) is 66.7 Å². The van der Waals surface area contributed by atoms with Crippen LogP contribution in [0.2, 0.25) is 0 Å². The number of nitrogens with two attached hydrogens (primary N) is 1. The maximum absolute atomic E-state index is 8.69. The van der Waals surface area contributed by atoms with Crippen LogP contribution in [0.3, 0.4) is 0 Å². The molecule has 2 heteroatoms. The average Bonchev–Trinajstić information content (AvgIpc) is 2.68. The number of benzene rings is 4. The molecule has 0 aliphatic carbocycles. The molecule has 0 radical (unpaired) electrons. The topological polar surface area (TPSA) is 49.9 Å². The quantitative estimate of drug-likeness (QED) is 0.379. The number of nitrogens with one attached hydrogen (secondary N) is 1. The van der Waals surface area contributed by atoms with Crippen LogP contribution in [0.1, 0.15) is 11.1 Å². The van der Waals surface area contributed by atoms with Crippen molar-refractivity contribution < 1.29 is 0 Å². The first-order valence-electron chi connectivity index (χ1n) is 8.26. The number of nitrogen functional groups attached to an aromatic ring is 1. The summed E-state index contributed by atoms with van der Waals surface area (Å²) in [6.07, 6.45) is 0. The number of hydrogen-bond donors (Lipinski definition) is 2. The maximum Gasteiger partial charge on any atom is 0.0711 e. The van der Waals surface area contributed by atoms with Crippen LogP contribution < -0.4 is 5.73 Å². The number of fused-ring (bicyclic) bond motifs is 1. The Kier molecular flexibility index (Phi) is 3.79. The first kappa shape index (κ1) is 15.2. The van der Waals surface area contributed by atoms with Gasteiger partial charge in [0.25, 0.3) is 0 Å². The predicted molar refractivity (Wildman–Crippen MR) is 106 cm³/mol. The van der Waals surface area contributed by atoms with Crippen molar-refractivity contribution in [3.8, 4) is 11.1 Å². The largest absolute Gasteiger partial charge is 0.398 e. The van der Waals surface area contributed by atoms with Crippen molar-refractivity contribution in [2.24, 2.45) is 0 Å². The molecule has 25 heavy (non-hydrogen) atoms. The smallest absolute Gasteiger partial charge is 0.0711 e. The molecule has 0 unspecified atom stereocenters. The molecule has 4 rings (SSSR count). The third-order valence-corrected chi connectivity index (χ3v) is 4.49. The summed E-state index contributed by atoms with van der Waals surface area (Å²) in [5.41, 5.74) is 11.3. The van der Waals surface area contributed by atoms with Crippen LogP contribution in [-0.2, 0) is 0 Å². The van der Waals surface area contributed by atoms with E-state index in [4.69, 9.17) is 11.1 Å². The second-order valence-electron chi connectivity index (χ2n) is 6.07. The van der Waals surface area contributed by atoms with Gasteiger partial charge < -0.3 is 5.73 Å². The van der Waals surface area contributed by atoms with Crippen LogP contribution in [0, 0.1) is 5.41 Å². The summed E-state index contributed by atoms with van der Waals surface area (Å²) in [7, 11) is 0. The molecule has 4 aromatic rings. The highest BCUT2D eigenvalue weighted by Crippen LogP contribution is 2.27. The lowest BCUT2D eigenvalue weighted by atomic mass is 9.94. The molecule has 0 bridgehead atoms. The molecule has 2 nitrogen and oxygen atoms in total. The highest BCUT2D eigenvalue weighted by atomic mass is 14.6. The molecule has 4 aromatic carbocycles. The lowest BCUT2D eigenvalue weighted by molar-refractivity contribution is 1.47. The summed E-state index contributed by atoms with van der Waals surface area (Å²) < 4.78 is 0. The molecule has 0 saturated heterocycles. The average molecular weight is 322 g/mol. The summed E-state index contributed by atoms with van der Waals surface area (Å²) in [5.74, 6) is 0. The zero-order valence-electron chi connectivity index (χ0n) is 13.7. The van der Waals surface area contributed by atoms with Crippen LogP contribution in [0.5, 0.6) is 0 Å². The van der Waals surface area contributed by atoms with Crippen molar-refractivity contribution in [1.29, 1.82) is 5.41 Å². The van der Waals surface area contributed by atoms with Crippen molar-refractivity contribution >= 4 is 22.2 Å². The fourth-order valence-electron chi connectivity index (χ4n) is 3.17. The number of hydrogen-bond acceptors (Lipinski definition) is 2. The SMILES string of the molecule is N=C(c1ccc(-c2ccccc2)cc1)c1c(N)ccc2ccccc12. The lowest BCUT2D eigenvalue weighted by Gasteiger charge is -2.12. The maximum atomic E-state index is 8.69. The third-order valence-electron chi connectivity index (χ3n) is 4.49. The number of rotatable bonds is 3. The van der Waals surface area contributed by atoms with Crippen LogP contribution in [-0.4, -0.2) is 5.71 Å². The molecule has 0 fully saturated rings. The Balaban J connectivity index is 1.76. The van der Waals surface area contributed by atoms with Gasteiger partial charge in [0.15, 0.2) is 0 Å². The van der Waals surface area contributed by atoms with Crippen molar-refractivity contribution in [2.75, 3.05) is 5.73 Å². The Hall–Kier alpha value is -3.39. The summed E-state index contributed by atoms with van der Waals surface area (Å²) >= 11 is 0. The minimum Gasteiger partial charge on any atom is -0.398 e. The first-order chi connectivity index (χ1) is 12.2. The standard InChI is InChI=1S/C23H18N2/c24-21-15-14-18-8-4-5-9-20(18)22(21)23(25)19-12-10-17(11-13-19)16-6-2-1-3-7-16/h1-15,25H,24H2. The van der Waals surface area contributed by atoms with Crippen LogP contribution in [0.15, 0.2) is 91.0 Å². The summed E-state index contributed by atoms with van der Waals surface area (Å²) in [6, 6.07) is 30.3. The summed E-state index contributed by atoms with van der Waals surface area (Å²) in [6.45, 7) is 0. The Morgan fingerprint density at radius 3 is 2.04 bits per heavy atom. The predicted octanol–water partition coefficient (Wildman–Crippen LogP) is 5.51. The minimum atomic E-state index is 0.453. The summed E-state index contributed by atoms with van der Waals surface area (Å²) in [4.78, 5) is 0. The van der Waals surface area contributed by atoms with Crippen LogP contribution in [0.4, 0.5) is 5.69 Å². The molecule has 0 atom stereocenters. The number of anilines is 1. The van der Waals surface area contributed by atoms with Gasteiger partial charge in [0.1, 0.15) is 0 Å². The van der Waals surface area contributed by atoms with Gasteiger partial charge in [-0.25, -0.2) is 0 Å². The monoisotopic (exact) mass is 322 g/mol. The molecule has 0 aromatic heterocycles. The molecule has 0 aliphatic rings. The van der Waals surface area contributed by atoms with Gasteiger partial charge in [-0.15, -0.1) is 0 Å². The van der Waals surface area contributed by atoms with Gasteiger partial charge >= 0.3 is 0 Å². The molecule has 0 heterocycles. The summed E-state index contributed by atoms with van der Waals surface area (Å²) in [5, 5.41) is 10.8. The van der Waals surface area contributed by atoms with E-state index >= 15 is 0 Å². The normalized spacial score (nSPS) is 10.7. The Morgan fingerprint density at radius 2 is 1.28 bits per heavy atom. The van der Waals surface area contributed by atoms with Crippen LogP contribution in [0.25, 0.3) is 21.9 Å². The van der Waals surface area contributed by atoms with Crippen molar-refractivity contribution in [2.45, 2.75) is 0 Å². The van der Waals surface area contributed by atoms with Gasteiger partial charge in [-0.2, -0.15) is 0 Å². The molecule has 120 valence electrons. The molecular weight excluding hydrogens is 304 g/mol. The highest BCUT2D eigenvalue weighted by molar-refractivity contribution is 6.21. The van der Waals surface area contributed by atoms with Gasteiger partial charge in [0.2, 0.25) is 0 Å². The first-order valence-corrected chi connectivity index (χ1v) is 8.26. The zero-order chi connectivity index (χ0) is 17.2. The Bertz CT molecular complexity index is 1050. The minimum absolute atomic E-state index is 0.453. The molecule has 0 amide bonds. The molecule has 0 saturated carbocycles. The van der Waals surface area contributed by atoms with E-state index in [1.54, 1.807) is 0 Å². The zero-order valence-corrected chi connectivity index (χ0v) is 13.7. The van der Waals surface area contributed by atoms with Gasteiger partial charge in [-0.1, -0.05) is 84.9 Å². The van der Waals surface area contributed by atoms with E-state index < -0.39 is 0 Å². The van der Waals surface area contributed by atoms with Crippen molar-refractivity contribution in [1.82, 2.24) is 0 Å². The van der Waals surface area contributed by atoms with E-state index in [0.29, 0.717) is 11.4 Å². The van der Waals surface area contributed by atoms with E-state index in [-0.39, 0.29) is 0 Å². The third kappa shape index (κ3) is 2.79. The van der Waals surface area contributed by atoms with E-state index in [9.17, 15) is 0 Å². The van der Waals surface area contributed by atoms with E-state index in [0.717, 1.165) is 27.5 Å². The second kappa shape index (κ2) is 6.25. The van der Waals surface area contributed by atoms with Gasteiger partial charge in [0, 0.05) is 16.8 Å². The fraction of sp³-hybridized carbons (Fsp3) is 0. The van der Waals surface area contributed by atoms with Crippen molar-refractivity contribution in [3.05, 3.63) is 102 Å². The van der Waals surface area contributed by atoms with E-state index in [1.165, 1.54) is 5.56 Å². The Morgan fingerprint density at radius 1 is 0.640 bits per heavy atom. The van der Waals surface area contributed by atoms with Gasteiger partial charge in [-0.05, 0) is 28.0 Å². The van der Waals surface area contributed by atoms with Gasteiger partial charge in [-0.3, -0.25) is 5.41 Å². The van der Waals surface area contributed by atoms with Gasteiger partial charge in [0.05, 0.1) is 5.71 Å². The lowest BCUT2D eigenvalue weighted by Crippen LogP contribution is -2.06. The molecule has 0 spiro atoms.